The van der Waals surface area contributed by atoms with Gasteiger partial charge in [0, 0.05) is 0 Å². The van der Waals surface area contributed by atoms with E-state index in [0.717, 1.165) is 0 Å². The Hall–Kier alpha value is -1.36. The summed E-state index contributed by atoms with van der Waals surface area (Å²) in [4.78, 5) is 38.2. The molecule has 0 N–H and O–H groups in total. The average molecular weight is 337 g/mol. The van der Waals surface area contributed by atoms with Crippen molar-refractivity contribution in [2.45, 2.75) is 12.4 Å². The highest BCUT2D eigenvalue weighted by molar-refractivity contribution is 6.97. The maximum absolute atomic E-state index is 11.2. The van der Waals surface area contributed by atoms with E-state index in [4.69, 9.17) is 0 Å². The van der Waals surface area contributed by atoms with Crippen molar-refractivity contribution in [1.29, 1.82) is 0 Å². The number of carbonyl (C=O) groups is 4. The van der Waals surface area contributed by atoms with Gasteiger partial charge in [-0.05, 0) is 23.2 Å². The van der Waals surface area contributed by atoms with Crippen LogP contribution in [0.25, 0.3) is 0 Å². The molecule has 0 spiro atoms. The predicted molar refractivity (Wildman–Crippen MR) is 44.9 cm³/mol. The first-order valence-electron chi connectivity index (χ1n) is 3.49. The van der Waals surface area contributed by atoms with Gasteiger partial charge in [-0.1, -0.05) is 0 Å². The van der Waals surface area contributed by atoms with Crippen molar-refractivity contribution >= 4 is 45.6 Å². The van der Waals surface area contributed by atoms with Crippen LogP contribution in [0.1, 0.15) is 0 Å². The van der Waals surface area contributed by atoms with Crippen LogP contribution in [-0.4, -0.2) is 34.8 Å². The molecule has 0 aliphatic heterocycles. The minimum absolute atomic E-state index is 1.14. The minimum atomic E-state index is -5.62. The zero-order chi connectivity index (χ0) is 16.0. The average Bonchev–Trinajstić information content (AvgIpc) is 2.15. The van der Waals surface area contributed by atoms with E-state index in [1.54, 1.807) is 0 Å². The molecule has 0 aliphatic carbocycles. The summed E-state index contributed by atoms with van der Waals surface area (Å²) in [6.45, 7) is 0. The monoisotopic (exact) mass is 336 g/mol. The van der Waals surface area contributed by atoms with Gasteiger partial charge in [0.1, 0.15) is 0 Å². The number of hydrogen-bond acceptors (Lipinski definition) is 5. The lowest BCUT2D eigenvalue weighted by Crippen LogP contribution is -2.34. The highest BCUT2D eigenvalue weighted by atomic mass is 35.5. The molecule has 5 nitrogen and oxygen atoms in total. The molecule has 19 heavy (non-hydrogen) atoms. The third-order valence-corrected chi connectivity index (χ3v) is 1.24. The molecule has 0 aromatic heterocycles. The Balaban J connectivity index is 0. The maximum Gasteiger partial charge on any atom is 0.491 e. The summed E-state index contributed by atoms with van der Waals surface area (Å²) in [6.07, 6.45) is -11.2. The van der Waals surface area contributed by atoms with Gasteiger partial charge in [0.2, 0.25) is 0 Å². The summed E-state index contributed by atoms with van der Waals surface area (Å²) >= 11 is 8.98. The Bertz CT molecular complexity index is 351. The molecule has 0 aromatic rings. The van der Waals surface area contributed by atoms with Crippen LogP contribution in [0.3, 0.4) is 0 Å². The van der Waals surface area contributed by atoms with Crippen LogP contribution < -0.4 is 0 Å². The number of carbonyl (C=O) groups excluding carboxylic acids is 4. The highest BCUT2D eigenvalue weighted by Crippen LogP contribution is 2.21. The number of rotatable bonds is 1. The second-order valence-electron chi connectivity index (χ2n) is 2.22. The fourth-order valence-corrected chi connectivity index (χ4v) is 0.200. The number of alkyl halides is 6. The molecule has 0 unspecified atom stereocenters. The summed E-state index contributed by atoms with van der Waals surface area (Å²) < 4.78 is 69.7. The summed E-state index contributed by atoms with van der Waals surface area (Å²) in [5, 5.41) is -2.28. The van der Waals surface area contributed by atoms with Gasteiger partial charge in [-0.15, -0.1) is 0 Å². The molecule has 0 bridgehead atoms. The quantitative estimate of drug-likeness (QED) is 0.239. The lowest BCUT2D eigenvalue weighted by molar-refractivity contribution is -0.221. The molecule has 0 heterocycles. The van der Waals surface area contributed by atoms with Crippen LogP contribution in [-0.2, 0) is 23.9 Å². The molecule has 0 rings (SSSR count). The Kier molecular flexibility index (Phi) is 7.65. The SMILES string of the molecule is O=C(Cl)C(=O)Cl.O=C(OC(=O)C(F)(F)F)C(F)(F)F. The zero-order valence-electron chi connectivity index (χ0n) is 8.06. The fraction of sp³-hybridized carbons (Fsp3) is 0.333. The standard InChI is InChI=1S/C4F6O3.C2Cl2O2/c5-3(6,7)1(11)13-2(12)4(8,9)10;3-1(5)2(4)6. The van der Waals surface area contributed by atoms with E-state index in [-0.39, 0.29) is 0 Å². The van der Waals surface area contributed by atoms with E-state index < -0.39 is 34.8 Å². The lowest BCUT2D eigenvalue weighted by atomic mass is 10.6. The molecule has 0 radical (unpaired) electrons. The van der Waals surface area contributed by atoms with Crippen LogP contribution in [0, 0.1) is 0 Å². The van der Waals surface area contributed by atoms with E-state index >= 15 is 0 Å². The molecule has 110 valence electrons. The van der Waals surface area contributed by atoms with E-state index in [9.17, 15) is 45.5 Å². The lowest BCUT2D eigenvalue weighted by Gasteiger charge is -2.06. The van der Waals surface area contributed by atoms with Crippen LogP contribution in [0.15, 0.2) is 0 Å². The molecular formula is C6Cl2F6O5. The normalized spacial score (nSPS) is 10.9. The van der Waals surface area contributed by atoms with Gasteiger partial charge in [0.05, 0.1) is 0 Å². The van der Waals surface area contributed by atoms with Crippen LogP contribution in [0.2, 0.25) is 0 Å². The third-order valence-electron chi connectivity index (χ3n) is 0.803. The number of ether oxygens (including phenoxy) is 1. The molecule has 0 saturated carbocycles. The van der Waals surface area contributed by atoms with E-state index in [0.29, 0.717) is 0 Å². The second kappa shape index (κ2) is 7.28. The third kappa shape index (κ3) is 10.3. The molecule has 13 heteroatoms. The first-order valence-corrected chi connectivity index (χ1v) is 4.24. The topological polar surface area (TPSA) is 77.5 Å². The molecule has 0 amide bonds. The first kappa shape index (κ1) is 20.0. The van der Waals surface area contributed by atoms with Crippen LogP contribution >= 0.6 is 23.2 Å². The van der Waals surface area contributed by atoms with Crippen molar-refractivity contribution in [3.05, 3.63) is 0 Å². The van der Waals surface area contributed by atoms with Crippen molar-refractivity contribution < 1.29 is 50.3 Å². The Labute approximate surface area is 109 Å². The first-order chi connectivity index (χ1) is 8.19. The van der Waals surface area contributed by atoms with Crippen LogP contribution in [0.4, 0.5) is 26.3 Å². The number of hydrogen-bond donors (Lipinski definition) is 0. The second-order valence-corrected chi connectivity index (χ2v) is 2.91. The summed E-state index contributed by atoms with van der Waals surface area (Å²) in [5.41, 5.74) is 0. The summed E-state index contributed by atoms with van der Waals surface area (Å²) in [7, 11) is 0. The van der Waals surface area contributed by atoms with E-state index in [2.05, 4.69) is 27.9 Å². The molecule has 0 saturated heterocycles. The largest absolute Gasteiger partial charge is 0.491 e. The molecular weight excluding hydrogens is 337 g/mol. The molecule has 0 fully saturated rings. The Morgan fingerprint density at radius 3 is 1.00 bits per heavy atom. The summed E-state index contributed by atoms with van der Waals surface area (Å²) in [6, 6.07) is 0. The highest BCUT2D eigenvalue weighted by Gasteiger charge is 2.49. The van der Waals surface area contributed by atoms with Gasteiger partial charge in [-0.3, -0.25) is 9.59 Å². The summed E-state index contributed by atoms with van der Waals surface area (Å²) in [5.74, 6) is -6.40. The smallest absolute Gasteiger partial charge is 0.380 e. The van der Waals surface area contributed by atoms with Crippen molar-refractivity contribution in [3.63, 3.8) is 0 Å². The molecule has 0 atom stereocenters. The predicted octanol–water partition coefficient (Wildman–Crippen LogP) is 1.70. The minimum Gasteiger partial charge on any atom is -0.380 e. The van der Waals surface area contributed by atoms with E-state index in [1.807, 2.05) is 0 Å². The maximum atomic E-state index is 11.2. The number of halogens is 8. The van der Waals surface area contributed by atoms with Gasteiger partial charge in [-0.2, -0.15) is 26.3 Å². The van der Waals surface area contributed by atoms with Gasteiger partial charge in [0.25, 0.3) is 0 Å². The van der Waals surface area contributed by atoms with Crippen LogP contribution in [0.5, 0.6) is 0 Å². The van der Waals surface area contributed by atoms with Gasteiger partial charge in [0.15, 0.2) is 0 Å². The number of esters is 2. The van der Waals surface area contributed by atoms with Crippen molar-refractivity contribution in [2.24, 2.45) is 0 Å². The molecule has 0 aliphatic rings. The van der Waals surface area contributed by atoms with Gasteiger partial charge in [-0.25, -0.2) is 9.59 Å². The van der Waals surface area contributed by atoms with Crippen molar-refractivity contribution in [2.75, 3.05) is 0 Å². The van der Waals surface area contributed by atoms with Gasteiger partial charge < -0.3 is 4.74 Å². The Morgan fingerprint density at radius 1 is 0.684 bits per heavy atom. The van der Waals surface area contributed by atoms with Crippen molar-refractivity contribution in [1.82, 2.24) is 0 Å². The van der Waals surface area contributed by atoms with E-state index in [1.165, 1.54) is 0 Å². The van der Waals surface area contributed by atoms with Crippen molar-refractivity contribution in [3.8, 4) is 0 Å². The zero-order valence-corrected chi connectivity index (χ0v) is 9.58. The van der Waals surface area contributed by atoms with Gasteiger partial charge >= 0.3 is 34.8 Å². The molecule has 0 aromatic carbocycles. The Morgan fingerprint density at radius 2 is 0.895 bits per heavy atom. The fourth-order valence-electron chi connectivity index (χ4n) is 0.200.